The third-order valence-electron chi connectivity index (χ3n) is 5.64. The van der Waals surface area contributed by atoms with E-state index in [1.165, 1.54) is 0 Å². The van der Waals surface area contributed by atoms with Gasteiger partial charge in [-0.1, -0.05) is 41.9 Å². The van der Waals surface area contributed by atoms with Crippen LogP contribution in [0.1, 0.15) is 23.0 Å². The molecule has 0 bridgehead atoms. The van der Waals surface area contributed by atoms with Crippen molar-refractivity contribution in [2.24, 2.45) is 0 Å². The molecule has 0 saturated carbocycles. The van der Waals surface area contributed by atoms with E-state index in [0.717, 1.165) is 60.4 Å². The van der Waals surface area contributed by atoms with Gasteiger partial charge in [0.25, 0.3) is 0 Å². The fourth-order valence-corrected chi connectivity index (χ4v) is 4.10. The Labute approximate surface area is 187 Å². The third-order valence-corrected chi connectivity index (χ3v) is 5.89. The Morgan fingerprint density at radius 1 is 1.06 bits per heavy atom. The molecule has 1 aliphatic heterocycles. The number of aromatic nitrogens is 4. The lowest BCUT2D eigenvalue weighted by atomic mass is 10.0. The van der Waals surface area contributed by atoms with Crippen LogP contribution in [0.5, 0.6) is 5.75 Å². The van der Waals surface area contributed by atoms with E-state index in [1.807, 2.05) is 47.2 Å². The quantitative estimate of drug-likeness (QED) is 0.503. The van der Waals surface area contributed by atoms with Crippen LogP contribution in [0.4, 0.5) is 0 Å². The fourth-order valence-electron chi connectivity index (χ4n) is 3.98. The normalized spacial score (nSPS) is 16.2. The van der Waals surface area contributed by atoms with Gasteiger partial charge in [0.2, 0.25) is 0 Å². The minimum Gasteiger partial charge on any atom is -0.497 e. The molecular weight excluding hydrogens is 412 g/mol. The van der Waals surface area contributed by atoms with Gasteiger partial charge in [0, 0.05) is 37.7 Å². The Morgan fingerprint density at radius 3 is 2.42 bits per heavy atom. The summed E-state index contributed by atoms with van der Waals surface area (Å²) in [6.07, 6.45) is 1.96. The molecule has 3 aromatic rings. The molecule has 2 heterocycles. The molecule has 0 amide bonds. The molecule has 0 N–H and O–H groups in total. The Balaban J connectivity index is 1.62. The number of halogens is 1. The summed E-state index contributed by atoms with van der Waals surface area (Å²) in [4.78, 5) is 4.85. The van der Waals surface area contributed by atoms with Gasteiger partial charge in [-0.25, -0.2) is 4.68 Å². The predicted molar refractivity (Wildman–Crippen MR) is 121 cm³/mol. The topological polar surface area (TPSA) is 59.3 Å². The summed E-state index contributed by atoms with van der Waals surface area (Å²) in [5.41, 5.74) is 2.24. The molecule has 2 aromatic carbocycles. The van der Waals surface area contributed by atoms with Crippen LogP contribution in [0.3, 0.4) is 0 Å². The van der Waals surface area contributed by atoms with Crippen LogP contribution >= 0.6 is 11.6 Å². The molecule has 1 fully saturated rings. The number of rotatable bonds is 8. The highest BCUT2D eigenvalue weighted by molar-refractivity contribution is 6.30. The smallest absolute Gasteiger partial charge is 0.173 e. The van der Waals surface area contributed by atoms with Crippen molar-refractivity contribution < 1.29 is 4.74 Å². The van der Waals surface area contributed by atoms with Crippen LogP contribution in [-0.4, -0.2) is 69.8 Å². The SMILES string of the molecule is C=CCN1CCN(C(c2ccc(Cl)cc2)c2nnnn2Cc2ccc(OC)cc2)CC1. The lowest BCUT2D eigenvalue weighted by Crippen LogP contribution is -2.48. The lowest BCUT2D eigenvalue weighted by Gasteiger charge is -2.38. The maximum atomic E-state index is 6.16. The van der Waals surface area contributed by atoms with E-state index in [9.17, 15) is 0 Å². The van der Waals surface area contributed by atoms with E-state index in [0.29, 0.717) is 6.54 Å². The summed E-state index contributed by atoms with van der Waals surface area (Å²) in [5.74, 6) is 1.66. The Hall–Kier alpha value is -2.74. The van der Waals surface area contributed by atoms with Crippen molar-refractivity contribution in [3.63, 3.8) is 0 Å². The molecule has 8 heteroatoms. The average molecular weight is 439 g/mol. The fraction of sp³-hybridized carbons (Fsp3) is 0.348. The van der Waals surface area contributed by atoms with E-state index >= 15 is 0 Å². The minimum atomic E-state index is -0.0450. The first-order valence-electron chi connectivity index (χ1n) is 10.4. The van der Waals surface area contributed by atoms with Crippen LogP contribution in [0.25, 0.3) is 0 Å². The summed E-state index contributed by atoms with van der Waals surface area (Å²) in [6, 6.07) is 15.9. The van der Waals surface area contributed by atoms with E-state index in [1.54, 1.807) is 7.11 Å². The maximum absolute atomic E-state index is 6.16. The summed E-state index contributed by atoms with van der Waals surface area (Å²) in [6.45, 7) is 9.18. The van der Waals surface area contributed by atoms with Crippen molar-refractivity contribution in [3.05, 3.63) is 83.2 Å². The molecule has 0 aliphatic carbocycles. The van der Waals surface area contributed by atoms with Gasteiger partial charge in [-0.05, 0) is 45.8 Å². The van der Waals surface area contributed by atoms with E-state index in [-0.39, 0.29) is 6.04 Å². The number of nitrogens with zero attached hydrogens (tertiary/aromatic N) is 6. The van der Waals surface area contributed by atoms with Gasteiger partial charge in [-0.2, -0.15) is 0 Å². The second-order valence-electron chi connectivity index (χ2n) is 7.62. The minimum absolute atomic E-state index is 0.0450. The van der Waals surface area contributed by atoms with Crippen molar-refractivity contribution in [1.29, 1.82) is 0 Å². The van der Waals surface area contributed by atoms with Crippen molar-refractivity contribution in [2.75, 3.05) is 39.8 Å². The molecule has 162 valence electrons. The van der Waals surface area contributed by atoms with E-state index < -0.39 is 0 Å². The standard InChI is InChI=1S/C23H27ClN6O/c1-3-12-28-13-15-29(16-14-28)22(19-6-8-20(24)9-7-19)23-25-26-27-30(23)17-18-4-10-21(31-2)11-5-18/h3-11,22H,1,12-17H2,2H3. The highest BCUT2D eigenvalue weighted by Gasteiger charge is 2.30. The molecular formula is C23H27ClN6O. The van der Waals surface area contributed by atoms with Crippen LogP contribution in [-0.2, 0) is 6.54 Å². The molecule has 1 atom stereocenters. The number of benzene rings is 2. The van der Waals surface area contributed by atoms with Crippen molar-refractivity contribution in [1.82, 2.24) is 30.0 Å². The second-order valence-corrected chi connectivity index (χ2v) is 8.06. The van der Waals surface area contributed by atoms with Crippen LogP contribution in [0.2, 0.25) is 5.02 Å². The summed E-state index contributed by atoms with van der Waals surface area (Å²) < 4.78 is 7.15. The number of hydrogen-bond donors (Lipinski definition) is 0. The highest BCUT2D eigenvalue weighted by Crippen LogP contribution is 2.29. The monoisotopic (exact) mass is 438 g/mol. The zero-order chi connectivity index (χ0) is 21.6. The average Bonchev–Trinajstić information content (AvgIpc) is 3.25. The van der Waals surface area contributed by atoms with Crippen molar-refractivity contribution >= 4 is 11.6 Å². The number of ether oxygens (including phenoxy) is 1. The maximum Gasteiger partial charge on any atom is 0.173 e. The van der Waals surface area contributed by atoms with Gasteiger partial charge >= 0.3 is 0 Å². The van der Waals surface area contributed by atoms with Gasteiger partial charge in [-0.15, -0.1) is 11.7 Å². The second kappa shape index (κ2) is 10.0. The predicted octanol–water partition coefficient (Wildman–Crippen LogP) is 3.28. The summed E-state index contributed by atoms with van der Waals surface area (Å²) >= 11 is 6.16. The summed E-state index contributed by atoms with van der Waals surface area (Å²) in [7, 11) is 1.67. The van der Waals surface area contributed by atoms with Gasteiger partial charge in [0.05, 0.1) is 19.7 Å². The van der Waals surface area contributed by atoms with Crippen LogP contribution in [0, 0.1) is 0 Å². The molecule has 1 saturated heterocycles. The van der Waals surface area contributed by atoms with E-state index in [2.05, 4.69) is 44.0 Å². The van der Waals surface area contributed by atoms with E-state index in [4.69, 9.17) is 16.3 Å². The molecule has 0 radical (unpaired) electrons. The van der Waals surface area contributed by atoms with Crippen molar-refractivity contribution in [2.45, 2.75) is 12.6 Å². The Kier molecular flexibility index (Phi) is 6.96. The molecule has 7 nitrogen and oxygen atoms in total. The van der Waals surface area contributed by atoms with Gasteiger partial charge in [-0.3, -0.25) is 9.80 Å². The molecule has 1 aromatic heterocycles. The number of piperazine rings is 1. The van der Waals surface area contributed by atoms with Gasteiger partial charge in [0.15, 0.2) is 5.82 Å². The van der Waals surface area contributed by atoms with Gasteiger partial charge < -0.3 is 4.74 Å². The number of methoxy groups -OCH3 is 1. The highest BCUT2D eigenvalue weighted by atomic mass is 35.5. The molecule has 1 unspecified atom stereocenters. The zero-order valence-corrected chi connectivity index (χ0v) is 18.4. The Bertz CT molecular complexity index is 980. The number of hydrogen-bond acceptors (Lipinski definition) is 6. The molecule has 1 aliphatic rings. The molecule has 31 heavy (non-hydrogen) atoms. The first-order valence-corrected chi connectivity index (χ1v) is 10.8. The molecule has 0 spiro atoms. The largest absolute Gasteiger partial charge is 0.497 e. The van der Waals surface area contributed by atoms with Crippen LogP contribution in [0.15, 0.2) is 61.2 Å². The molecule has 4 rings (SSSR count). The van der Waals surface area contributed by atoms with Crippen molar-refractivity contribution in [3.8, 4) is 5.75 Å². The number of tetrazole rings is 1. The lowest BCUT2D eigenvalue weighted by molar-refractivity contribution is 0.112. The first kappa shape index (κ1) is 21.5. The van der Waals surface area contributed by atoms with Crippen LogP contribution < -0.4 is 4.74 Å². The first-order chi connectivity index (χ1) is 15.2. The third kappa shape index (κ3) is 5.12. The Morgan fingerprint density at radius 2 is 1.77 bits per heavy atom. The summed E-state index contributed by atoms with van der Waals surface area (Å²) in [5, 5.41) is 13.5. The zero-order valence-electron chi connectivity index (χ0n) is 17.7. The van der Waals surface area contributed by atoms with Gasteiger partial charge in [0.1, 0.15) is 5.75 Å².